The van der Waals surface area contributed by atoms with Crippen LogP contribution in [0.15, 0.2) is 42.5 Å². The van der Waals surface area contributed by atoms with E-state index in [2.05, 4.69) is 11.4 Å². The molecule has 0 radical (unpaired) electrons. The van der Waals surface area contributed by atoms with Gasteiger partial charge in [0.05, 0.1) is 0 Å². The third kappa shape index (κ3) is 2.91. The second-order valence-electron chi connectivity index (χ2n) is 5.50. The number of nitrogens with one attached hydrogen (secondary N) is 1. The second-order valence-corrected chi connectivity index (χ2v) is 5.50. The van der Waals surface area contributed by atoms with Gasteiger partial charge in [-0.25, -0.2) is 0 Å². The molecule has 0 aliphatic carbocycles. The molecule has 0 aromatic heterocycles. The topological polar surface area (TPSA) is 52.6 Å². The fourth-order valence-corrected chi connectivity index (χ4v) is 2.83. The smallest absolute Gasteiger partial charge is 0.227 e. The van der Waals surface area contributed by atoms with E-state index in [9.17, 15) is 9.90 Å². The molecule has 0 saturated carbocycles. The van der Waals surface area contributed by atoms with Crippen LogP contribution in [0.2, 0.25) is 0 Å². The SMILES string of the molecule is CCN1C(=O)CCc2cc(NCc3ccc(O)cc3)ccc21. The van der Waals surface area contributed by atoms with Gasteiger partial charge in [0, 0.05) is 30.9 Å². The summed E-state index contributed by atoms with van der Waals surface area (Å²) in [5.74, 6) is 0.488. The van der Waals surface area contributed by atoms with E-state index in [1.54, 1.807) is 12.1 Å². The number of anilines is 2. The Labute approximate surface area is 130 Å². The van der Waals surface area contributed by atoms with Gasteiger partial charge in [-0.2, -0.15) is 0 Å². The lowest BCUT2D eigenvalue weighted by Crippen LogP contribution is -2.34. The van der Waals surface area contributed by atoms with Crippen molar-refractivity contribution >= 4 is 17.3 Å². The summed E-state index contributed by atoms with van der Waals surface area (Å²) in [6, 6.07) is 13.3. The highest BCUT2D eigenvalue weighted by atomic mass is 16.3. The van der Waals surface area contributed by atoms with Crippen molar-refractivity contribution < 1.29 is 9.90 Å². The Morgan fingerprint density at radius 2 is 1.91 bits per heavy atom. The number of phenolic OH excluding ortho intramolecular Hbond substituents is 1. The molecule has 3 rings (SSSR count). The quantitative estimate of drug-likeness (QED) is 0.910. The molecule has 0 spiro atoms. The van der Waals surface area contributed by atoms with Crippen molar-refractivity contribution in [2.45, 2.75) is 26.3 Å². The number of benzene rings is 2. The summed E-state index contributed by atoms with van der Waals surface area (Å²) in [4.78, 5) is 13.8. The lowest BCUT2D eigenvalue weighted by molar-refractivity contribution is -0.118. The molecule has 0 unspecified atom stereocenters. The number of hydrogen-bond donors (Lipinski definition) is 2. The normalized spacial score (nSPS) is 13.9. The molecule has 114 valence electrons. The molecule has 1 heterocycles. The van der Waals surface area contributed by atoms with Crippen LogP contribution in [0.25, 0.3) is 0 Å². The zero-order valence-corrected chi connectivity index (χ0v) is 12.7. The number of fused-ring (bicyclic) bond motifs is 1. The van der Waals surface area contributed by atoms with E-state index in [4.69, 9.17) is 0 Å². The van der Waals surface area contributed by atoms with Gasteiger partial charge in [-0.1, -0.05) is 12.1 Å². The summed E-state index contributed by atoms with van der Waals surface area (Å²) in [5.41, 5.74) is 4.42. The van der Waals surface area contributed by atoms with Gasteiger partial charge in [0.2, 0.25) is 5.91 Å². The molecule has 1 amide bonds. The van der Waals surface area contributed by atoms with Gasteiger partial charge in [-0.15, -0.1) is 0 Å². The van der Waals surface area contributed by atoms with Crippen molar-refractivity contribution in [3.63, 3.8) is 0 Å². The zero-order chi connectivity index (χ0) is 15.5. The van der Waals surface area contributed by atoms with Crippen molar-refractivity contribution in [2.75, 3.05) is 16.8 Å². The number of carbonyl (C=O) groups excluding carboxylic acids is 1. The Hall–Kier alpha value is -2.49. The van der Waals surface area contributed by atoms with Crippen LogP contribution >= 0.6 is 0 Å². The maximum Gasteiger partial charge on any atom is 0.227 e. The van der Waals surface area contributed by atoms with Gasteiger partial charge in [0.15, 0.2) is 0 Å². The van der Waals surface area contributed by atoms with Gasteiger partial charge in [-0.3, -0.25) is 4.79 Å². The number of hydrogen-bond acceptors (Lipinski definition) is 3. The van der Waals surface area contributed by atoms with Crippen LogP contribution in [0.5, 0.6) is 5.75 Å². The fourth-order valence-electron chi connectivity index (χ4n) is 2.83. The Kier molecular flexibility index (Phi) is 4.00. The number of rotatable bonds is 4. The van der Waals surface area contributed by atoms with Crippen LogP contribution in [-0.2, 0) is 17.8 Å². The summed E-state index contributed by atoms with van der Waals surface area (Å²) in [7, 11) is 0. The van der Waals surface area contributed by atoms with E-state index in [1.807, 2.05) is 36.1 Å². The molecule has 4 heteroatoms. The van der Waals surface area contributed by atoms with Crippen LogP contribution in [0.3, 0.4) is 0 Å². The minimum Gasteiger partial charge on any atom is -0.508 e. The molecular formula is C18H20N2O2. The van der Waals surface area contributed by atoms with Crippen molar-refractivity contribution in [3.8, 4) is 5.75 Å². The molecule has 0 fully saturated rings. The molecule has 0 bridgehead atoms. The van der Waals surface area contributed by atoms with Gasteiger partial charge < -0.3 is 15.3 Å². The van der Waals surface area contributed by atoms with Gasteiger partial charge in [0.25, 0.3) is 0 Å². The van der Waals surface area contributed by atoms with Crippen molar-refractivity contribution in [3.05, 3.63) is 53.6 Å². The lowest BCUT2D eigenvalue weighted by Gasteiger charge is -2.28. The third-order valence-electron chi connectivity index (χ3n) is 4.03. The highest BCUT2D eigenvalue weighted by Crippen LogP contribution is 2.30. The highest BCUT2D eigenvalue weighted by Gasteiger charge is 2.22. The van der Waals surface area contributed by atoms with E-state index in [0.29, 0.717) is 19.5 Å². The number of nitrogens with zero attached hydrogens (tertiary/aromatic N) is 1. The first kappa shape index (κ1) is 14.4. The molecule has 0 saturated heterocycles. The molecule has 1 aliphatic heterocycles. The molecule has 22 heavy (non-hydrogen) atoms. The number of amides is 1. The van der Waals surface area contributed by atoms with Crippen LogP contribution in [0.1, 0.15) is 24.5 Å². The van der Waals surface area contributed by atoms with Crippen LogP contribution in [0.4, 0.5) is 11.4 Å². The number of aryl methyl sites for hydroxylation is 1. The van der Waals surface area contributed by atoms with Crippen LogP contribution < -0.4 is 10.2 Å². The molecule has 2 aromatic rings. The Balaban J connectivity index is 1.73. The highest BCUT2D eigenvalue weighted by molar-refractivity contribution is 5.96. The maximum atomic E-state index is 11.9. The largest absolute Gasteiger partial charge is 0.508 e. The predicted molar refractivity (Wildman–Crippen MR) is 88.2 cm³/mol. The first-order valence-corrected chi connectivity index (χ1v) is 7.62. The molecule has 0 atom stereocenters. The number of carbonyl (C=O) groups is 1. The Morgan fingerprint density at radius 1 is 1.14 bits per heavy atom. The van der Waals surface area contributed by atoms with E-state index in [0.717, 1.165) is 23.4 Å². The van der Waals surface area contributed by atoms with E-state index >= 15 is 0 Å². The summed E-state index contributed by atoms with van der Waals surface area (Å²) in [5, 5.41) is 12.7. The van der Waals surface area contributed by atoms with Crippen molar-refractivity contribution in [1.82, 2.24) is 0 Å². The van der Waals surface area contributed by atoms with E-state index in [1.165, 1.54) is 5.56 Å². The Morgan fingerprint density at radius 3 is 2.64 bits per heavy atom. The monoisotopic (exact) mass is 296 g/mol. The number of phenols is 1. The molecule has 4 nitrogen and oxygen atoms in total. The standard InChI is InChI=1S/C18H20N2O2/c1-2-20-17-9-6-15(11-14(17)5-10-18(20)22)19-12-13-3-7-16(21)8-4-13/h3-4,6-9,11,19,21H,2,5,10,12H2,1H3. The van der Waals surface area contributed by atoms with Crippen LogP contribution in [-0.4, -0.2) is 17.6 Å². The molecule has 2 aromatic carbocycles. The van der Waals surface area contributed by atoms with Gasteiger partial charge in [0.1, 0.15) is 5.75 Å². The van der Waals surface area contributed by atoms with E-state index < -0.39 is 0 Å². The second kappa shape index (κ2) is 6.10. The molecule has 1 aliphatic rings. The van der Waals surface area contributed by atoms with Gasteiger partial charge >= 0.3 is 0 Å². The summed E-state index contributed by atoms with van der Waals surface area (Å²) < 4.78 is 0. The minimum atomic E-state index is 0.208. The third-order valence-corrected chi connectivity index (χ3v) is 4.03. The first-order valence-electron chi connectivity index (χ1n) is 7.62. The van der Waals surface area contributed by atoms with Gasteiger partial charge in [-0.05, 0) is 54.8 Å². The summed E-state index contributed by atoms with van der Waals surface area (Å²) in [6.07, 6.45) is 1.39. The number of aromatic hydroxyl groups is 1. The van der Waals surface area contributed by atoms with Crippen molar-refractivity contribution in [1.29, 1.82) is 0 Å². The average Bonchev–Trinajstić information content (AvgIpc) is 2.54. The minimum absolute atomic E-state index is 0.208. The fraction of sp³-hybridized carbons (Fsp3) is 0.278. The maximum absolute atomic E-state index is 11.9. The van der Waals surface area contributed by atoms with E-state index in [-0.39, 0.29) is 11.7 Å². The summed E-state index contributed by atoms with van der Waals surface area (Å²) >= 11 is 0. The Bertz CT molecular complexity index is 680. The van der Waals surface area contributed by atoms with Crippen LogP contribution in [0, 0.1) is 0 Å². The lowest BCUT2D eigenvalue weighted by atomic mass is 10.0. The molecular weight excluding hydrogens is 276 g/mol. The summed E-state index contributed by atoms with van der Waals surface area (Å²) in [6.45, 7) is 3.42. The van der Waals surface area contributed by atoms with Crippen molar-refractivity contribution in [2.24, 2.45) is 0 Å². The zero-order valence-electron chi connectivity index (χ0n) is 12.7. The molecule has 2 N–H and O–H groups in total. The predicted octanol–water partition coefficient (Wildman–Crippen LogP) is 3.30. The average molecular weight is 296 g/mol. The first-order chi connectivity index (χ1) is 10.7.